The number of nitrogens with two attached hydrogens (primary N) is 1. The van der Waals surface area contributed by atoms with Gasteiger partial charge in [-0.15, -0.1) is 0 Å². The summed E-state index contributed by atoms with van der Waals surface area (Å²) in [5, 5.41) is 11.7. The maximum atomic E-state index is 11.0. The summed E-state index contributed by atoms with van der Waals surface area (Å²) >= 11 is 0. The highest BCUT2D eigenvalue weighted by Gasteiger charge is 2.15. The first-order chi connectivity index (χ1) is 9.13. The van der Waals surface area contributed by atoms with Crippen LogP contribution in [0.1, 0.15) is 5.56 Å². The van der Waals surface area contributed by atoms with Crippen LogP contribution in [-0.4, -0.2) is 29.7 Å². The van der Waals surface area contributed by atoms with Crippen molar-refractivity contribution >= 4 is 16.6 Å². The molecule has 1 atom stereocenters. The van der Waals surface area contributed by atoms with Gasteiger partial charge in [0.1, 0.15) is 5.52 Å². The van der Waals surface area contributed by atoms with E-state index in [4.69, 9.17) is 10.5 Å². The maximum absolute atomic E-state index is 11.0. The van der Waals surface area contributed by atoms with Crippen molar-refractivity contribution in [2.75, 3.05) is 13.7 Å². The van der Waals surface area contributed by atoms with Gasteiger partial charge >= 0.3 is 0 Å². The zero-order chi connectivity index (χ0) is 13.8. The van der Waals surface area contributed by atoms with Crippen LogP contribution < -0.4 is 5.73 Å². The Hall–Kier alpha value is -2.05. The van der Waals surface area contributed by atoms with E-state index in [1.165, 1.54) is 6.07 Å². The lowest BCUT2D eigenvalue weighted by Crippen LogP contribution is -2.28. The fourth-order valence-corrected chi connectivity index (χ4v) is 2.10. The third-order valence-electron chi connectivity index (χ3n) is 2.90. The Bertz CT molecular complexity index is 601. The van der Waals surface area contributed by atoms with E-state index in [-0.39, 0.29) is 11.7 Å². The summed E-state index contributed by atoms with van der Waals surface area (Å²) in [7, 11) is 1.59. The second kappa shape index (κ2) is 5.73. The number of nitrogens with zero attached hydrogens (tertiary/aromatic N) is 2. The van der Waals surface area contributed by atoms with Crippen LogP contribution in [0.25, 0.3) is 10.9 Å². The highest BCUT2D eigenvalue weighted by molar-refractivity contribution is 5.89. The summed E-state index contributed by atoms with van der Waals surface area (Å²) in [5.74, 6) is 0. The quantitative estimate of drug-likeness (QED) is 0.652. The first kappa shape index (κ1) is 13.4. The number of hydrogen-bond acceptors (Lipinski definition) is 5. The number of hydrogen-bond donors (Lipinski definition) is 1. The molecule has 0 radical (unpaired) electrons. The minimum absolute atomic E-state index is 0.0136. The van der Waals surface area contributed by atoms with E-state index in [9.17, 15) is 10.1 Å². The van der Waals surface area contributed by atoms with Crippen molar-refractivity contribution in [2.45, 2.75) is 12.5 Å². The van der Waals surface area contributed by atoms with Gasteiger partial charge in [-0.1, -0.05) is 12.1 Å². The third kappa shape index (κ3) is 2.86. The van der Waals surface area contributed by atoms with Crippen LogP contribution in [0, 0.1) is 10.1 Å². The Kier molecular flexibility index (Phi) is 4.03. The molecule has 1 heterocycles. The molecular weight excluding hydrogens is 246 g/mol. The van der Waals surface area contributed by atoms with E-state index in [1.807, 2.05) is 12.1 Å². The van der Waals surface area contributed by atoms with Crippen LogP contribution in [0.5, 0.6) is 0 Å². The number of nitro groups is 1. The molecule has 0 aliphatic rings. The lowest BCUT2D eigenvalue weighted by atomic mass is 10.0. The van der Waals surface area contributed by atoms with Crippen LogP contribution in [0.4, 0.5) is 5.69 Å². The summed E-state index contributed by atoms with van der Waals surface area (Å²) < 4.78 is 5.00. The molecule has 1 unspecified atom stereocenters. The van der Waals surface area contributed by atoms with Gasteiger partial charge < -0.3 is 10.5 Å². The zero-order valence-electron chi connectivity index (χ0n) is 10.6. The predicted octanol–water partition coefficient (Wildman–Crippen LogP) is 1.66. The number of fused-ring (bicyclic) bond motifs is 1. The van der Waals surface area contributed by atoms with Gasteiger partial charge in [0.2, 0.25) is 0 Å². The Balaban J connectivity index is 2.46. The molecule has 6 nitrogen and oxygen atoms in total. The lowest BCUT2D eigenvalue weighted by Gasteiger charge is -2.12. The minimum atomic E-state index is -0.422. The molecule has 0 bridgehead atoms. The number of methoxy groups -OCH3 is 1. The molecule has 19 heavy (non-hydrogen) atoms. The van der Waals surface area contributed by atoms with Crippen molar-refractivity contribution < 1.29 is 9.66 Å². The van der Waals surface area contributed by atoms with Gasteiger partial charge in [-0.25, -0.2) is 4.98 Å². The van der Waals surface area contributed by atoms with E-state index >= 15 is 0 Å². The Labute approximate surface area is 110 Å². The fourth-order valence-electron chi connectivity index (χ4n) is 2.10. The average molecular weight is 261 g/mol. The molecule has 0 fully saturated rings. The highest BCUT2D eigenvalue weighted by atomic mass is 16.6. The lowest BCUT2D eigenvalue weighted by molar-refractivity contribution is -0.383. The molecule has 0 spiro atoms. The number of rotatable bonds is 5. The van der Waals surface area contributed by atoms with Crippen molar-refractivity contribution in [1.29, 1.82) is 0 Å². The normalized spacial score (nSPS) is 12.5. The molecule has 0 amide bonds. The van der Waals surface area contributed by atoms with E-state index in [0.29, 0.717) is 18.5 Å². The maximum Gasteiger partial charge on any atom is 0.295 e. The van der Waals surface area contributed by atoms with Crippen molar-refractivity contribution in [3.05, 3.63) is 46.1 Å². The SMILES string of the molecule is COCC(N)Cc1ccnc2c([N+](=O)[O-])cccc12. The molecule has 0 aliphatic carbocycles. The molecule has 100 valence electrons. The molecule has 0 saturated carbocycles. The first-order valence-corrected chi connectivity index (χ1v) is 5.89. The standard InChI is InChI=1S/C13H15N3O3/c1-19-8-10(14)7-9-5-6-15-13-11(9)3-2-4-12(13)16(17)18/h2-6,10H,7-8,14H2,1H3. The molecule has 2 aromatic rings. The molecule has 1 aromatic heterocycles. The predicted molar refractivity (Wildman–Crippen MR) is 72.0 cm³/mol. The molecule has 1 aromatic carbocycles. The number of pyridine rings is 1. The zero-order valence-corrected chi connectivity index (χ0v) is 10.6. The summed E-state index contributed by atoms with van der Waals surface area (Å²) in [6, 6.07) is 6.63. The summed E-state index contributed by atoms with van der Waals surface area (Å²) in [4.78, 5) is 14.7. The highest BCUT2D eigenvalue weighted by Crippen LogP contribution is 2.26. The second-order valence-electron chi connectivity index (χ2n) is 4.32. The fraction of sp³-hybridized carbons (Fsp3) is 0.308. The average Bonchev–Trinajstić information content (AvgIpc) is 2.38. The Morgan fingerprint density at radius 2 is 2.26 bits per heavy atom. The first-order valence-electron chi connectivity index (χ1n) is 5.89. The van der Waals surface area contributed by atoms with E-state index in [1.54, 1.807) is 19.4 Å². The molecule has 0 saturated heterocycles. The van der Waals surface area contributed by atoms with Gasteiger partial charge in [-0.05, 0) is 18.1 Å². The van der Waals surface area contributed by atoms with Crippen molar-refractivity contribution in [3.8, 4) is 0 Å². The number of para-hydroxylation sites is 1. The van der Waals surface area contributed by atoms with E-state index in [0.717, 1.165) is 10.9 Å². The van der Waals surface area contributed by atoms with Crippen molar-refractivity contribution in [2.24, 2.45) is 5.73 Å². The second-order valence-corrected chi connectivity index (χ2v) is 4.32. The van der Waals surface area contributed by atoms with Gasteiger partial charge in [0.15, 0.2) is 0 Å². The van der Waals surface area contributed by atoms with Gasteiger partial charge in [-0.3, -0.25) is 10.1 Å². The van der Waals surface area contributed by atoms with E-state index < -0.39 is 4.92 Å². The van der Waals surface area contributed by atoms with Gasteiger partial charge in [-0.2, -0.15) is 0 Å². The number of benzene rings is 1. The molecule has 2 rings (SSSR count). The topological polar surface area (TPSA) is 91.3 Å². The number of nitro benzene ring substituents is 1. The number of non-ortho nitro benzene ring substituents is 1. The van der Waals surface area contributed by atoms with Crippen molar-refractivity contribution in [3.63, 3.8) is 0 Å². The summed E-state index contributed by atoms with van der Waals surface area (Å²) in [6.07, 6.45) is 2.16. The van der Waals surface area contributed by atoms with Crippen LogP contribution >= 0.6 is 0 Å². The number of ether oxygens (including phenoxy) is 1. The smallest absolute Gasteiger partial charge is 0.295 e. The molecular formula is C13H15N3O3. The third-order valence-corrected chi connectivity index (χ3v) is 2.90. The van der Waals surface area contributed by atoms with Crippen LogP contribution in [0.15, 0.2) is 30.5 Å². The molecule has 0 aliphatic heterocycles. The van der Waals surface area contributed by atoms with Crippen LogP contribution in [-0.2, 0) is 11.2 Å². The van der Waals surface area contributed by atoms with Gasteiger partial charge in [0.25, 0.3) is 5.69 Å². The van der Waals surface area contributed by atoms with Crippen molar-refractivity contribution in [1.82, 2.24) is 4.98 Å². The Morgan fingerprint density at radius 1 is 1.47 bits per heavy atom. The largest absolute Gasteiger partial charge is 0.383 e. The van der Waals surface area contributed by atoms with Crippen LogP contribution in [0.2, 0.25) is 0 Å². The Morgan fingerprint density at radius 3 is 2.95 bits per heavy atom. The van der Waals surface area contributed by atoms with Gasteiger partial charge in [0, 0.05) is 30.8 Å². The minimum Gasteiger partial charge on any atom is -0.383 e. The summed E-state index contributed by atoms with van der Waals surface area (Å²) in [5.41, 5.74) is 7.28. The molecule has 6 heteroatoms. The summed E-state index contributed by atoms with van der Waals surface area (Å²) in [6.45, 7) is 0.443. The molecule has 2 N–H and O–H groups in total. The van der Waals surface area contributed by atoms with Gasteiger partial charge in [0.05, 0.1) is 11.5 Å². The monoisotopic (exact) mass is 261 g/mol. The van der Waals surface area contributed by atoms with Crippen LogP contribution in [0.3, 0.4) is 0 Å². The van der Waals surface area contributed by atoms with E-state index in [2.05, 4.69) is 4.98 Å². The number of aromatic nitrogens is 1.